The first-order valence-electron chi connectivity index (χ1n) is 12.8. The molecule has 1 heterocycles. The van der Waals surface area contributed by atoms with Gasteiger partial charge >= 0.3 is 5.97 Å². The number of allylic oxidation sites excluding steroid dienone is 8. The quantitative estimate of drug-likeness (QED) is 0.117. The predicted molar refractivity (Wildman–Crippen MR) is 139 cm³/mol. The van der Waals surface area contributed by atoms with E-state index in [0.717, 1.165) is 38.5 Å². The van der Waals surface area contributed by atoms with Gasteiger partial charge in [0.1, 0.15) is 6.54 Å². The third kappa shape index (κ3) is 18.5. The molecule has 0 N–H and O–H groups in total. The van der Waals surface area contributed by atoms with E-state index in [2.05, 4.69) is 55.5 Å². The van der Waals surface area contributed by atoms with Gasteiger partial charge in [-0.3, -0.25) is 4.79 Å². The van der Waals surface area contributed by atoms with Gasteiger partial charge in [-0.2, -0.15) is 0 Å². The van der Waals surface area contributed by atoms with Crippen LogP contribution in [0.15, 0.2) is 60.8 Å². The number of nitrogens with zero attached hydrogens (tertiary/aromatic N) is 1. The zero-order chi connectivity index (χ0) is 25.9. The van der Waals surface area contributed by atoms with E-state index in [9.17, 15) is 14.7 Å². The van der Waals surface area contributed by atoms with E-state index in [1.165, 1.54) is 0 Å². The van der Waals surface area contributed by atoms with E-state index in [1.54, 1.807) is 0 Å². The molecule has 6 nitrogen and oxygen atoms in total. The molecule has 0 aromatic heterocycles. The van der Waals surface area contributed by atoms with Crippen LogP contribution in [0.5, 0.6) is 0 Å². The number of esters is 1. The number of rotatable bonds is 19. The summed E-state index contributed by atoms with van der Waals surface area (Å²) in [4.78, 5) is 22.9. The summed E-state index contributed by atoms with van der Waals surface area (Å²) < 4.78 is 11.5. The lowest BCUT2D eigenvalue weighted by atomic mass is 10.1. The monoisotopic (exact) mass is 487 g/mol. The molecule has 196 valence electrons. The normalized spacial score (nSPS) is 19.5. The molecule has 0 spiro atoms. The van der Waals surface area contributed by atoms with Crippen molar-refractivity contribution in [1.29, 1.82) is 0 Å². The molecular formula is C29H45NO5. The molecule has 3 unspecified atom stereocenters. The van der Waals surface area contributed by atoms with Crippen LogP contribution in [0, 0.1) is 0 Å². The van der Waals surface area contributed by atoms with Crippen LogP contribution in [-0.2, 0) is 19.1 Å². The molecule has 0 aromatic carbocycles. The molecule has 0 aliphatic carbocycles. The molecule has 0 saturated carbocycles. The van der Waals surface area contributed by atoms with Gasteiger partial charge in [-0.25, -0.2) is 0 Å². The van der Waals surface area contributed by atoms with E-state index in [1.807, 2.05) is 33.3 Å². The summed E-state index contributed by atoms with van der Waals surface area (Å²) in [6.45, 7) is 2.57. The number of hydrogen-bond donors (Lipinski definition) is 0. The highest BCUT2D eigenvalue weighted by Gasteiger charge is 2.35. The standard InChI is InChI=1S/C29H45NO5/c1-5-6-17-20-26-27(35-26)21-18-15-13-11-9-7-8-10-12-14-16-19-22-29(33)34-25(23-28(31)32)24-30(2,3)4/h6,8-11,14-18,25-27H,5,7,12-13,19-24H2,1-4H3/b10-8+,11-9+,16-14+,17-6+,18-15+. The highest BCUT2D eigenvalue weighted by Crippen LogP contribution is 2.29. The average Bonchev–Trinajstić information content (AvgIpc) is 3.50. The number of carbonyl (C=O) groups is 2. The van der Waals surface area contributed by atoms with Gasteiger partial charge < -0.3 is 23.9 Å². The van der Waals surface area contributed by atoms with Crippen LogP contribution in [0.25, 0.3) is 0 Å². The van der Waals surface area contributed by atoms with E-state index in [-0.39, 0.29) is 18.8 Å². The van der Waals surface area contributed by atoms with Gasteiger partial charge in [0, 0.05) is 18.8 Å². The second kappa shape index (κ2) is 17.9. The summed E-state index contributed by atoms with van der Waals surface area (Å²) in [5.74, 6) is -1.58. The van der Waals surface area contributed by atoms with E-state index in [0.29, 0.717) is 29.7 Å². The fraction of sp³-hybridized carbons (Fsp3) is 0.586. The van der Waals surface area contributed by atoms with Gasteiger partial charge in [0.25, 0.3) is 0 Å². The Labute approximate surface area is 212 Å². The number of aliphatic carboxylic acids is 1. The van der Waals surface area contributed by atoms with Crippen molar-refractivity contribution in [2.45, 2.75) is 83.0 Å². The number of carboxylic acid groups (broad SMARTS) is 1. The molecular weight excluding hydrogens is 442 g/mol. The van der Waals surface area contributed by atoms with Gasteiger partial charge in [-0.05, 0) is 44.9 Å². The summed E-state index contributed by atoms with van der Waals surface area (Å²) in [7, 11) is 5.77. The van der Waals surface area contributed by atoms with E-state index in [4.69, 9.17) is 9.47 Å². The van der Waals surface area contributed by atoms with Crippen LogP contribution in [0.4, 0.5) is 0 Å². The molecule has 1 saturated heterocycles. The van der Waals surface area contributed by atoms with E-state index >= 15 is 0 Å². The van der Waals surface area contributed by atoms with Crippen molar-refractivity contribution >= 4 is 11.9 Å². The van der Waals surface area contributed by atoms with Crippen molar-refractivity contribution in [2.24, 2.45) is 0 Å². The minimum Gasteiger partial charge on any atom is -0.550 e. The number of hydrogen-bond acceptors (Lipinski definition) is 5. The largest absolute Gasteiger partial charge is 0.550 e. The molecule has 1 fully saturated rings. The Morgan fingerprint density at radius 2 is 1.37 bits per heavy atom. The molecule has 1 rings (SSSR count). The number of likely N-dealkylation sites (N-methyl/N-ethyl adjacent to an activating group) is 1. The Balaban J connectivity index is 2.07. The Hall–Kier alpha value is -2.44. The molecule has 0 amide bonds. The summed E-state index contributed by atoms with van der Waals surface area (Å²) >= 11 is 0. The smallest absolute Gasteiger partial charge is 0.306 e. The first-order chi connectivity index (χ1) is 16.7. The maximum Gasteiger partial charge on any atom is 0.306 e. The topological polar surface area (TPSA) is 79.0 Å². The number of epoxide rings is 1. The zero-order valence-corrected chi connectivity index (χ0v) is 22.1. The zero-order valence-electron chi connectivity index (χ0n) is 22.1. The Morgan fingerprint density at radius 1 is 0.857 bits per heavy atom. The lowest BCUT2D eigenvalue weighted by Crippen LogP contribution is -2.45. The maximum absolute atomic E-state index is 12.0. The second-order valence-corrected chi connectivity index (χ2v) is 9.86. The predicted octanol–water partition coefficient (Wildman–Crippen LogP) is 4.43. The number of carboxylic acids is 1. The van der Waals surface area contributed by atoms with Crippen LogP contribution in [0.2, 0.25) is 0 Å². The Bertz CT molecular complexity index is 758. The molecule has 35 heavy (non-hydrogen) atoms. The fourth-order valence-electron chi connectivity index (χ4n) is 3.54. The van der Waals surface area contributed by atoms with Crippen molar-refractivity contribution in [1.82, 2.24) is 0 Å². The fourth-order valence-corrected chi connectivity index (χ4v) is 3.54. The Kier molecular flexibility index (Phi) is 15.7. The van der Waals surface area contributed by atoms with Crippen molar-refractivity contribution in [3.63, 3.8) is 0 Å². The number of carbonyl (C=O) groups excluding carboxylic acids is 2. The minimum atomic E-state index is -1.21. The molecule has 1 aliphatic rings. The van der Waals surface area contributed by atoms with Gasteiger partial charge in [0.15, 0.2) is 6.10 Å². The van der Waals surface area contributed by atoms with Gasteiger partial charge in [-0.15, -0.1) is 0 Å². The van der Waals surface area contributed by atoms with Crippen molar-refractivity contribution in [3.8, 4) is 0 Å². The molecule has 1 aliphatic heterocycles. The first kappa shape index (κ1) is 30.6. The van der Waals surface area contributed by atoms with Gasteiger partial charge in [-0.1, -0.05) is 67.7 Å². The highest BCUT2D eigenvalue weighted by atomic mass is 16.6. The summed E-state index contributed by atoms with van der Waals surface area (Å²) in [6, 6.07) is 0. The van der Waals surface area contributed by atoms with Crippen LogP contribution < -0.4 is 5.11 Å². The molecule has 6 heteroatoms. The van der Waals surface area contributed by atoms with Crippen molar-refractivity contribution < 1.29 is 28.7 Å². The summed E-state index contributed by atoms with van der Waals surface area (Å²) in [5, 5.41) is 10.9. The lowest BCUT2D eigenvalue weighted by Gasteiger charge is -2.29. The number of quaternary nitrogens is 1. The summed E-state index contributed by atoms with van der Waals surface area (Å²) in [6.07, 6.45) is 27.8. The Morgan fingerprint density at radius 3 is 1.89 bits per heavy atom. The maximum atomic E-state index is 12.0. The number of ether oxygens (including phenoxy) is 2. The van der Waals surface area contributed by atoms with Gasteiger partial charge in [0.2, 0.25) is 0 Å². The van der Waals surface area contributed by atoms with Crippen LogP contribution in [-0.4, -0.2) is 62.4 Å². The van der Waals surface area contributed by atoms with E-state index < -0.39 is 12.1 Å². The molecule has 0 aromatic rings. The second-order valence-electron chi connectivity index (χ2n) is 9.86. The first-order valence-corrected chi connectivity index (χ1v) is 12.8. The van der Waals surface area contributed by atoms with Crippen LogP contribution >= 0.6 is 0 Å². The molecule has 0 bridgehead atoms. The van der Waals surface area contributed by atoms with Crippen LogP contribution in [0.3, 0.4) is 0 Å². The van der Waals surface area contributed by atoms with Crippen LogP contribution in [0.1, 0.15) is 64.7 Å². The van der Waals surface area contributed by atoms with Gasteiger partial charge in [0.05, 0.1) is 33.4 Å². The third-order valence-corrected chi connectivity index (χ3v) is 5.27. The highest BCUT2D eigenvalue weighted by molar-refractivity contribution is 5.71. The lowest BCUT2D eigenvalue weighted by molar-refractivity contribution is -0.873. The SMILES string of the molecule is CC/C=C/CC1OC1C/C=C/C/C=C/C/C=C/C/C=C/CCC(=O)OC(CC(=O)[O-])C[N+](C)(C)C. The average molecular weight is 488 g/mol. The summed E-state index contributed by atoms with van der Waals surface area (Å²) in [5.41, 5.74) is 0. The minimum absolute atomic E-state index is 0.237. The third-order valence-electron chi connectivity index (χ3n) is 5.27. The van der Waals surface area contributed by atoms with Crippen molar-refractivity contribution in [3.05, 3.63) is 60.8 Å². The molecule has 3 atom stereocenters. The van der Waals surface area contributed by atoms with Crippen molar-refractivity contribution in [2.75, 3.05) is 27.7 Å². The molecule has 0 radical (unpaired) electrons.